The minimum absolute atomic E-state index is 0.165. The lowest BCUT2D eigenvalue weighted by Crippen LogP contribution is -2.27. The highest BCUT2D eigenvalue weighted by Crippen LogP contribution is 2.30. The number of aromatic nitrogens is 3. The molecule has 0 aliphatic carbocycles. The van der Waals surface area contributed by atoms with E-state index in [-0.39, 0.29) is 17.2 Å². The van der Waals surface area contributed by atoms with Gasteiger partial charge in [-0.3, -0.25) is 9.59 Å². The first-order valence-electron chi connectivity index (χ1n) is 9.36. The molecule has 4 rings (SSSR count). The molecule has 0 atom stereocenters. The molecule has 6 nitrogen and oxygen atoms in total. The first-order chi connectivity index (χ1) is 14.1. The van der Waals surface area contributed by atoms with E-state index in [0.29, 0.717) is 23.0 Å². The third-order valence-electron chi connectivity index (χ3n) is 4.61. The van der Waals surface area contributed by atoms with E-state index < -0.39 is 0 Å². The largest absolute Gasteiger partial charge is 0.321 e. The molecule has 0 unspecified atom stereocenters. The molecule has 0 radical (unpaired) electrons. The van der Waals surface area contributed by atoms with E-state index in [4.69, 9.17) is 0 Å². The molecule has 0 aliphatic rings. The fourth-order valence-corrected chi connectivity index (χ4v) is 4.65. The Kier molecular flexibility index (Phi) is 5.64. The highest BCUT2D eigenvalue weighted by atomic mass is 32.2. The van der Waals surface area contributed by atoms with Crippen LogP contribution in [0.1, 0.15) is 30.3 Å². The molecule has 1 amide bonds. The number of amides is 1. The Labute approximate surface area is 176 Å². The Morgan fingerprint density at radius 3 is 2.76 bits per heavy atom. The molecule has 0 saturated heterocycles. The van der Waals surface area contributed by atoms with Crippen LogP contribution in [0.2, 0.25) is 0 Å². The molecule has 4 aromatic rings. The molecular weight excluding hydrogens is 404 g/mol. The number of thioether (sulfide) groups is 1. The van der Waals surface area contributed by atoms with Gasteiger partial charge in [0, 0.05) is 17.6 Å². The predicted molar refractivity (Wildman–Crippen MR) is 120 cm³/mol. The van der Waals surface area contributed by atoms with Gasteiger partial charge in [-0.2, -0.15) is 5.10 Å². The number of aryl methyl sites for hydroxylation is 1. The zero-order chi connectivity index (χ0) is 20.4. The van der Waals surface area contributed by atoms with Gasteiger partial charge < -0.3 is 5.32 Å². The SMILES string of the molecule is CCCCn1nc(C(=O)Nc2ccc3nc(SC)sc3c2)c2ccccc2c1=O. The van der Waals surface area contributed by atoms with E-state index in [1.807, 2.05) is 30.5 Å². The van der Waals surface area contributed by atoms with E-state index >= 15 is 0 Å². The minimum atomic E-state index is -0.333. The van der Waals surface area contributed by atoms with Crippen molar-refractivity contribution < 1.29 is 4.79 Å². The highest BCUT2D eigenvalue weighted by Gasteiger charge is 2.17. The summed E-state index contributed by atoms with van der Waals surface area (Å²) in [5.41, 5.74) is 1.68. The number of thiazole rings is 1. The lowest BCUT2D eigenvalue weighted by Gasteiger charge is -2.11. The molecule has 2 aromatic carbocycles. The first-order valence-corrected chi connectivity index (χ1v) is 11.4. The second-order valence-electron chi connectivity index (χ2n) is 6.60. The lowest BCUT2D eigenvalue weighted by molar-refractivity contribution is 0.102. The van der Waals surface area contributed by atoms with Crippen molar-refractivity contribution in [1.29, 1.82) is 0 Å². The number of nitrogens with zero attached hydrogens (tertiary/aromatic N) is 3. The molecule has 2 heterocycles. The molecule has 0 bridgehead atoms. The fourth-order valence-electron chi connectivity index (χ4n) is 3.12. The van der Waals surface area contributed by atoms with Crippen molar-refractivity contribution in [3.8, 4) is 0 Å². The first kappa shape index (κ1) is 19.6. The number of nitrogens with one attached hydrogen (secondary N) is 1. The van der Waals surface area contributed by atoms with Crippen molar-refractivity contribution >= 4 is 55.7 Å². The summed E-state index contributed by atoms with van der Waals surface area (Å²) in [6.45, 7) is 2.54. The molecule has 0 fully saturated rings. The van der Waals surface area contributed by atoms with E-state index in [1.54, 1.807) is 41.3 Å². The molecular formula is C21H20N4O2S2. The molecule has 0 spiro atoms. The average Bonchev–Trinajstić information content (AvgIpc) is 3.16. The van der Waals surface area contributed by atoms with Crippen molar-refractivity contribution in [1.82, 2.24) is 14.8 Å². The van der Waals surface area contributed by atoms with Gasteiger partial charge in [0.2, 0.25) is 0 Å². The normalized spacial score (nSPS) is 11.2. The number of benzene rings is 2. The highest BCUT2D eigenvalue weighted by molar-refractivity contribution is 8.00. The van der Waals surface area contributed by atoms with Gasteiger partial charge in [-0.1, -0.05) is 43.3 Å². The Bertz CT molecular complexity index is 1260. The van der Waals surface area contributed by atoms with E-state index in [9.17, 15) is 9.59 Å². The predicted octanol–water partition coefficient (Wildman–Crippen LogP) is 4.78. The standard InChI is InChI=1S/C21H20N4O2S2/c1-3-4-11-25-20(27)15-8-6-5-7-14(15)18(24-25)19(26)22-13-9-10-16-17(12-13)29-21(23-16)28-2/h5-10,12H,3-4,11H2,1-2H3,(H,22,26). The molecule has 0 aliphatic heterocycles. The van der Waals surface area contributed by atoms with Gasteiger partial charge in [0.1, 0.15) is 0 Å². The van der Waals surface area contributed by atoms with Crippen molar-refractivity contribution in [3.05, 3.63) is 58.5 Å². The van der Waals surface area contributed by atoms with Crippen LogP contribution in [0.25, 0.3) is 21.0 Å². The number of carbonyl (C=O) groups is 1. The van der Waals surface area contributed by atoms with Gasteiger partial charge in [-0.05, 0) is 36.9 Å². The third-order valence-corrected chi connectivity index (χ3v) is 6.61. The van der Waals surface area contributed by atoms with Crippen LogP contribution in [0, 0.1) is 0 Å². The second-order valence-corrected chi connectivity index (χ2v) is 8.68. The van der Waals surface area contributed by atoms with E-state index in [2.05, 4.69) is 22.3 Å². The molecule has 8 heteroatoms. The summed E-state index contributed by atoms with van der Waals surface area (Å²) in [7, 11) is 0. The molecule has 29 heavy (non-hydrogen) atoms. The van der Waals surface area contributed by atoms with E-state index in [0.717, 1.165) is 27.4 Å². The monoisotopic (exact) mass is 424 g/mol. The topological polar surface area (TPSA) is 76.9 Å². The Morgan fingerprint density at radius 2 is 2.00 bits per heavy atom. The maximum atomic E-state index is 13.1. The summed E-state index contributed by atoms with van der Waals surface area (Å²) in [5, 5.41) is 8.39. The zero-order valence-electron chi connectivity index (χ0n) is 16.1. The van der Waals surface area contributed by atoms with Crippen molar-refractivity contribution in [2.24, 2.45) is 0 Å². The van der Waals surface area contributed by atoms with Crippen LogP contribution in [0.4, 0.5) is 5.69 Å². The summed E-state index contributed by atoms with van der Waals surface area (Å²) in [5.74, 6) is -0.333. The fraction of sp³-hybridized carbons (Fsp3) is 0.238. The quantitative estimate of drug-likeness (QED) is 0.451. The average molecular weight is 425 g/mol. The molecule has 0 saturated carbocycles. The number of carbonyl (C=O) groups excluding carboxylic acids is 1. The van der Waals surface area contributed by atoms with Gasteiger partial charge in [-0.25, -0.2) is 9.67 Å². The van der Waals surface area contributed by atoms with Crippen molar-refractivity contribution in [2.75, 3.05) is 11.6 Å². The summed E-state index contributed by atoms with van der Waals surface area (Å²) < 4.78 is 3.40. The Hall–Kier alpha value is -2.71. The number of hydrogen-bond donors (Lipinski definition) is 1. The van der Waals surface area contributed by atoms with Crippen LogP contribution in [0.15, 0.2) is 51.6 Å². The molecule has 1 N–H and O–H groups in total. The summed E-state index contributed by atoms with van der Waals surface area (Å²) in [6.07, 6.45) is 3.76. The van der Waals surface area contributed by atoms with E-state index in [1.165, 1.54) is 4.68 Å². The number of anilines is 1. The van der Waals surface area contributed by atoms with Gasteiger partial charge in [0.25, 0.3) is 11.5 Å². The summed E-state index contributed by atoms with van der Waals surface area (Å²) in [4.78, 5) is 30.3. The van der Waals surface area contributed by atoms with Gasteiger partial charge in [0.05, 0.1) is 15.6 Å². The summed E-state index contributed by atoms with van der Waals surface area (Å²) >= 11 is 3.19. The zero-order valence-corrected chi connectivity index (χ0v) is 17.8. The Balaban J connectivity index is 1.72. The van der Waals surface area contributed by atoms with Crippen LogP contribution >= 0.6 is 23.1 Å². The van der Waals surface area contributed by atoms with Crippen molar-refractivity contribution in [2.45, 2.75) is 30.6 Å². The Morgan fingerprint density at radius 1 is 1.21 bits per heavy atom. The smallest absolute Gasteiger partial charge is 0.276 e. The maximum Gasteiger partial charge on any atom is 0.276 e. The number of unbranched alkanes of at least 4 members (excludes halogenated alkanes) is 1. The number of fused-ring (bicyclic) bond motifs is 2. The van der Waals surface area contributed by atoms with Gasteiger partial charge >= 0.3 is 0 Å². The van der Waals surface area contributed by atoms with Crippen LogP contribution in [0.5, 0.6) is 0 Å². The summed E-state index contributed by atoms with van der Waals surface area (Å²) in [6, 6.07) is 12.8. The second kappa shape index (κ2) is 8.34. The van der Waals surface area contributed by atoms with Crippen LogP contribution in [0.3, 0.4) is 0 Å². The van der Waals surface area contributed by atoms with Crippen LogP contribution in [-0.2, 0) is 6.54 Å². The minimum Gasteiger partial charge on any atom is -0.321 e. The van der Waals surface area contributed by atoms with Crippen LogP contribution in [-0.4, -0.2) is 26.9 Å². The van der Waals surface area contributed by atoms with Gasteiger partial charge in [0.15, 0.2) is 10.0 Å². The molecule has 2 aromatic heterocycles. The van der Waals surface area contributed by atoms with Gasteiger partial charge in [-0.15, -0.1) is 11.3 Å². The third kappa shape index (κ3) is 3.90. The maximum absolute atomic E-state index is 13.1. The number of hydrogen-bond acceptors (Lipinski definition) is 6. The molecule has 148 valence electrons. The van der Waals surface area contributed by atoms with Crippen LogP contribution < -0.4 is 10.9 Å². The van der Waals surface area contributed by atoms with Crippen molar-refractivity contribution in [3.63, 3.8) is 0 Å². The number of rotatable bonds is 6. The lowest BCUT2D eigenvalue weighted by atomic mass is 10.1.